The Morgan fingerprint density at radius 3 is 2.53 bits per heavy atom. The summed E-state index contributed by atoms with van der Waals surface area (Å²) < 4.78 is 0.856. The molecular weight excluding hydrogens is 468 g/mol. The van der Waals surface area contributed by atoms with Gasteiger partial charge in [0.25, 0.3) is 5.91 Å². The van der Waals surface area contributed by atoms with Crippen LogP contribution in [0.25, 0.3) is 0 Å². The predicted molar refractivity (Wildman–Crippen MR) is 123 cm³/mol. The fraction of sp³-hybridized carbons (Fsp3) is 0.333. The highest BCUT2D eigenvalue weighted by Gasteiger charge is 2.27. The lowest BCUT2D eigenvalue weighted by atomic mass is 9.92. The topological polar surface area (TPSA) is 102 Å². The third-order valence-corrected chi connectivity index (χ3v) is 5.17. The van der Waals surface area contributed by atoms with Crippen LogP contribution >= 0.6 is 27.5 Å². The van der Waals surface area contributed by atoms with Gasteiger partial charge in [0.1, 0.15) is 6.17 Å². The highest BCUT2D eigenvalue weighted by atomic mass is 79.9. The Balaban J connectivity index is 2.34. The minimum atomic E-state index is -0.616. The Hall–Kier alpha value is -2.63. The second kappa shape index (κ2) is 10.4. The van der Waals surface area contributed by atoms with E-state index in [0.717, 1.165) is 16.5 Å². The maximum Gasteiger partial charge on any atom is 0.252 e. The number of anilines is 1. The van der Waals surface area contributed by atoms with Crippen molar-refractivity contribution in [2.75, 3.05) is 5.32 Å². The first kappa shape index (κ1) is 23.6. The number of hydrogen-bond acceptors (Lipinski definition) is 4. The summed E-state index contributed by atoms with van der Waals surface area (Å²) in [5.74, 6) is -0.0755. The van der Waals surface area contributed by atoms with E-state index in [-0.39, 0.29) is 11.9 Å². The quantitative estimate of drug-likeness (QED) is 0.243. The van der Waals surface area contributed by atoms with Gasteiger partial charge in [0.05, 0.1) is 11.9 Å². The van der Waals surface area contributed by atoms with Crippen LogP contribution in [0, 0.1) is 16.9 Å². The Bertz CT molecular complexity index is 963. The lowest BCUT2D eigenvalue weighted by Crippen LogP contribution is -2.44. The smallest absolute Gasteiger partial charge is 0.252 e. The molecule has 0 spiro atoms. The zero-order valence-corrected chi connectivity index (χ0v) is 19.6. The van der Waals surface area contributed by atoms with Gasteiger partial charge in [-0.2, -0.15) is 5.26 Å². The molecule has 0 saturated heterocycles. The number of nitrogens with zero attached hydrogens (tertiary/aromatic N) is 3. The van der Waals surface area contributed by atoms with Gasteiger partial charge in [-0.15, -0.1) is 0 Å². The molecule has 0 aliphatic rings. The molecule has 2 aromatic rings. The first-order valence-corrected chi connectivity index (χ1v) is 10.5. The number of carbonyl (C=O) groups excluding carboxylic acids is 1. The van der Waals surface area contributed by atoms with E-state index in [0.29, 0.717) is 16.3 Å². The van der Waals surface area contributed by atoms with Crippen molar-refractivity contribution in [3.05, 3.63) is 57.3 Å². The maximum atomic E-state index is 12.7. The van der Waals surface area contributed by atoms with Crippen molar-refractivity contribution in [1.29, 1.82) is 5.26 Å². The van der Waals surface area contributed by atoms with Crippen LogP contribution in [0.5, 0.6) is 0 Å². The number of nitriles is 1. The van der Waals surface area contributed by atoms with Crippen LogP contribution < -0.4 is 16.0 Å². The van der Waals surface area contributed by atoms with Gasteiger partial charge in [0.2, 0.25) is 5.96 Å². The summed E-state index contributed by atoms with van der Waals surface area (Å²) >= 11 is 9.39. The average molecular weight is 492 g/mol. The first-order chi connectivity index (χ1) is 14.2. The number of halogens is 2. The molecule has 1 heterocycles. The van der Waals surface area contributed by atoms with E-state index >= 15 is 0 Å². The van der Waals surface area contributed by atoms with Gasteiger partial charge in [-0.25, -0.2) is 4.99 Å². The molecule has 0 saturated carbocycles. The summed E-state index contributed by atoms with van der Waals surface area (Å²) in [6.45, 7) is 7.87. The van der Waals surface area contributed by atoms with Crippen LogP contribution in [-0.2, 0) is 6.42 Å². The fourth-order valence-corrected chi connectivity index (χ4v) is 3.32. The van der Waals surface area contributed by atoms with Gasteiger partial charge in [-0.05, 0) is 52.2 Å². The molecule has 1 aromatic heterocycles. The average Bonchev–Trinajstić information content (AvgIpc) is 2.67. The monoisotopic (exact) mass is 490 g/mol. The van der Waals surface area contributed by atoms with Gasteiger partial charge < -0.3 is 10.6 Å². The molecule has 0 radical (unpaired) electrons. The molecule has 1 amide bonds. The van der Waals surface area contributed by atoms with E-state index in [4.69, 9.17) is 11.6 Å². The number of nitrogens with one attached hydrogen (secondary N) is 3. The third kappa shape index (κ3) is 6.44. The number of rotatable bonds is 5. The summed E-state index contributed by atoms with van der Waals surface area (Å²) in [5, 5.41) is 18.3. The molecule has 158 valence electrons. The summed E-state index contributed by atoms with van der Waals surface area (Å²) in [4.78, 5) is 21.5. The van der Waals surface area contributed by atoms with Crippen molar-refractivity contribution in [2.45, 2.75) is 40.3 Å². The zero-order chi connectivity index (χ0) is 22.3. The van der Waals surface area contributed by atoms with Gasteiger partial charge in [-0.3, -0.25) is 15.1 Å². The molecule has 0 bridgehead atoms. The molecule has 9 heteroatoms. The summed E-state index contributed by atoms with van der Waals surface area (Å²) in [6, 6.07) is 6.61. The van der Waals surface area contributed by atoms with Crippen molar-refractivity contribution in [3.63, 3.8) is 0 Å². The lowest BCUT2D eigenvalue weighted by molar-refractivity contribution is 0.0906. The van der Waals surface area contributed by atoms with Gasteiger partial charge in [0.15, 0.2) is 6.19 Å². The van der Waals surface area contributed by atoms with Crippen molar-refractivity contribution in [3.8, 4) is 6.19 Å². The summed E-state index contributed by atoms with van der Waals surface area (Å²) in [5.41, 5.74) is 1.76. The molecule has 1 unspecified atom stereocenters. The zero-order valence-electron chi connectivity index (χ0n) is 17.3. The van der Waals surface area contributed by atoms with Crippen molar-refractivity contribution < 1.29 is 4.79 Å². The molecule has 0 fully saturated rings. The van der Waals surface area contributed by atoms with Crippen LogP contribution in [0.4, 0.5) is 5.69 Å². The largest absolute Gasteiger partial charge is 0.330 e. The van der Waals surface area contributed by atoms with E-state index in [1.165, 1.54) is 0 Å². The highest BCUT2D eigenvalue weighted by molar-refractivity contribution is 9.10. The first-order valence-electron chi connectivity index (χ1n) is 9.34. The number of hydrogen-bond donors (Lipinski definition) is 3. The molecule has 1 aromatic carbocycles. The second-order valence-corrected chi connectivity index (χ2v) is 8.88. The SMILES string of the molecule is CCc1c(Br)cncc1N/C(=N/C(NC(=O)c1ccc(Cl)cc1)C(C)(C)C)NC#N. The van der Waals surface area contributed by atoms with Crippen molar-refractivity contribution in [2.24, 2.45) is 10.4 Å². The minimum absolute atomic E-state index is 0.212. The Morgan fingerprint density at radius 1 is 1.30 bits per heavy atom. The normalized spacial score (nSPS) is 12.6. The van der Waals surface area contributed by atoms with Crippen LogP contribution in [-0.4, -0.2) is 23.0 Å². The van der Waals surface area contributed by atoms with E-state index in [2.05, 4.69) is 41.9 Å². The van der Waals surface area contributed by atoms with Crippen LogP contribution in [0.1, 0.15) is 43.6 Å². The Kier molecular flexibility index (Phi) is 8.21. The van der Waals surface area contributed by atoms with Crippen molar-refractivity contribution >= 4 is 45.1 Å². The number of amides is 1. The molecule has 0 aliphatic carbocycles. The van der Waals surface area contributed by atoms with Crippen molar-refractivity contribution in [1.82, 2.24) is 15.6 Å². The number of carbonyl (C=O) groups is 1. The molecule has 2 rings (SSSR count). The molecule has 30 heavy (non-hydrogen) atoms. The number of benzene rings is 1. The van der Waals surface area contributed by atoms with Crippen LogP contribution in [0.3, 0.4) is 0 Å². The molecule has 7 nitrogen and oxygen atoms in total. The van der Waals surface area contributed by atoms with Gasteiger partial charge in [-0.1, -0.05) is 39.3 Å². The van der Waals surface area contributed by atoms with Crippen LogP contribution in [0.2, 0.25) is 5.02 Å². The second-order valence-electron chi connectivity index (χ2n) is 7.59. The summed E-state index contributed by atoms with van der Waals surface area (Å²) in [6.07, 6.45) is 5.39. The maximum absolute atomic E-state index is 12.7. The van der Waals surface area contributed by atoms with E-state index in [1.54, 1.807) is 36.7 Å². The fourth-order valence-electron chi connectivity index (χ4n) is 2.59. The standard InChI is InChI=1S/C21H24BrClN6O/c1-5-15-16(22)10-25-11-17(15)27-20(26-12-24)29-19(21(2,3)4)28-18(30)13-6-8-14(23)9-7-13/h6-11,19H,5H2,1-4H3,(H,28,30)(H2,26,27,29). The van der Waals surface area contributed by atoms with E-state index < -0.39 is 11.6 Å². The highest BCUT2D eigenvalue weighted by Crippen LogP contribution is 2.25. The number of guanidine groups is 1. The van der Waals surface area contributed by atoms with Gasteiger partial charge >= 0.3 is 0 Å². The molecule has 1 atom stereocenters. The van der Waals surface area contributed by atoms with Crippen LogP contribution in [0.15, 0.2) is 46.1 Å². The number of aliphatic imine (C=N–C) groups is 1. The van der Waals surface area contributed by atoms with Gasteiger partial charge in [0, 0.05) is 26.7 Å². The number of aromatic nitrogens is 1. The Morgan fingerprint density at radius 2 is 1.97 bits per heavy atom. The lowest BCUT2D eigenvalue weighted by Gasteiger charge is -2.29. The molecule has 0 aliphatic heterocycles. The van der Waals surface area contributed by atoms with E-state index in [1.807, 2.05) is 33.9 Å². The predicted octanol–water partition coefficient (Wildman–Crippen LogP) is 4.70. The molecular formula is C21H24BrClN6O. The van der Waals surface area contributed by atoms with E-state index in [9.17, 15) is 10.1 Å². The summed E-state index contributed by atoms with van der Waals surface area (Å²) in [7, 11) is 0. The molecule has 3 N–H and O–H groups in total. The number of pyridine rings is 1. The minimum Gasteiger partial charge on any atom is -0.330 e. The third-order valence-electron chi connectivity index (χ3n) is 4.24. The Labute approximate surface area is 190 Å².